The van der Waals surface area contributed by atoms with Crippen molar-refractivity contribution in [2.24, 2.45) is 0 Å². The Hall–Kier alpha value is -1.54. The molecule has 4 rings (SSSR count). The summed E-state index contributed by atoms with van der Waals surface area (Å²) in [5.74, 6) is -0.297. The van der Waals surface area contributed by atoms with E-state index < -0.39 is 5.54 Å². The number of nitrogens with two attached hydrogens (primary N) is 1. The van der Waals surface area contributed by atoms with Crippen LogP contribution < -0.4 is 16.4 Å². The maximum Gasteiger partial charge on any atom is 0.249 e. The zero-order valence-corrected chi connectivity index (χ0v) is 21.2. The summed E-state index contributed by atoms with van der Waals surface area (Å²) < 4.78 is 13.7. The van der Waals surface area contributed by atoms with Crippen LogP contribution in [0.4, 0.5) is 15.8 Å². The predicted molar refractivity (Wildman–Crippen MR) is 137 cm³/mol. The maximum absolute atomic E-state index is 13.7. The van der Waals surface area contributed by atoms with Crippen LogP contribution in [0.15, 0.2) is 36.4 Å². The van der Waals surface area contributed by atoms with Crippen molar-refractivity contribution in [2.75, 3.05) is 24.1 Å². The molecule has 4 nitrogen and oxygen atoms in total. The van der Waals surface area contributed by atoms with E-state index in [1.165, 1.54) is 30.3 Å². The summed E-state index contributed by atoms with van der Waals surface area (Å²) >= 11 is 0. The zero-order chi connectivity index (χ0) is 23.0. The molecule has 0 spiro atoms. The summed E-state index contributed by atoms with van der Waals surface area (Å²) in [7, 11) is 3.45. The fourth-order valence-corrected chi connectivity index (χ4v) is 4.92. The number of fused-ring (bicyclic) bond motifs is 1. The molecule has 31 heavy (non-hydrogen) atoms. The minimum atomic E-state index is -0.720. The molecule has 170 valence electrons. The Morgan fingerprint density at radius 2 is 1.84 bits per heavy atom. The number of amides is 1. The average Bonchev–Trinajstić information content (AvgIpc) is 3.02. The van der Waals surface area contributed by atoms with Gasteiger partial charge in [0.1, 0.15) is 11.4 Å². The van der Waals surface area contributed by atoms with Gasteiger partial charge in [-0.3, -0.25) is 9.69 Å². The molecule has 3 unspecified atom stereocenters. The first-order valence-corrected chi connectivity index (χ1v) is 13.8. The van der Waals surface area contributed by atoms with Crippen LogP contribution in [0.3, 0.4) is 0 Å². The van der Waals surface area contributed by atoms with Crippen molar-refractivity contribution >= 4 is 39.8 Å². The lowest BCUT2D eigenvalue weighted by atomic mass is 9.88. The van der Waals surface area contributed by atoms with Crippen LogP contribution in [0.5, 0.6) is 0 Å². The van der Waals surface area contributed by atoms with Gasteiger partial charge < -0.3 is 11.1 Å². The fourth-order valence-electron chi connectivity index (χ4n) is 3.93. The van der Waals surface area contributed by atoms with Crippen molar-refractivity contribution in [1.29, 1.82) is 0 Å². The lowest BCUT2D eigenvalue weighted by Gasteiger charge is -2.39. The number of hydrogen-bond donors (Lipinski definition) is 2. The van der Waals surface area contributed by atoms with Gasteiger partial charge in [0.25, 0.3) is 0 Å². The highest BCUT2D eigenvalue weighted by Gasteiger charge is 2.48. The van der Waals surface area contributed by atoms with Crippen LogP contribution in [0, 0.1) is 12.7 Å². The van der Waals surface area contributed by atoms with Crippen LogP contribution in [0.2, 0.25) is 0 Å². The van der Waals surface area contributed by atoms with Crippen molar-refractivity contribution in [3.8, 4) is 0 Å². The first-order valence-electron chi connectivity index (χ1n) is 11.0. The van der Waals surface area contributed by atoms with Gasteiger partial charge in [0.05, 0.1) is 0 Å². The summed E-state index contributed by atoms with van der Waals surface area (Å²) in [5.41, 5.74) is 8.03. The first kappa shape index (κ1) is 25.7. The van der Waals surface area contributed by atoms with Gasteiger partial charge in [0.15, 0.2) is 0 Å². The number of nitrogens with one attached hydrogen (secondary N) is 1. The van der Waals surface area contributed by atoms with Gasteiger partial charge in [0.2, 0.25) is 5.91 Å². The lowest BCUT2D eigenvalue weighted by molar-refractivity contribution is -0.127. The molecule has 1 fully saturated rings. The van der Waals surface area contributed by atoms with Crippen LogP contribution in [0.25, 0.3) is 0 Å². The van der Waals surface area contributed by atoms with Crippen molar-refractivity contribution in [2.45, 2.75) is 58.9 Å². The van der Waals surface area contributed by atoms with E-state index in [2.05, 4.69) is 39.1 Å². The highest BCUT2D eigenvalue weighted by Crippen LogP contribution is 2.43. The molecule has 0 aliphatic carbocycles. The van der Waals surface area contributed by atoms with Gasteiger partial charge >= 0.3 is 0 Å². The molecule has 1 saturated heterocycles. The van der Waals surface area contributed by atoms with Crippen LogP contribution >= 0.6 is 17.2 Å². The Kier molecular flexibility index (Phi) is 9.88. The monoisotopic (exact) mass is 463 g/mol. The molecule has 0 bridgehead atoms. The molecular weight excluding hydrogens is 427 g/mol. The molecule has 2 aromatic rings. The van der Waals surface area contributed by atoms with Crippen LogP contribution in [0.1, 0.15) is 57.6 Å². The minimum Gasteiger partial charge on any atom is -0.399 e. The number of aryl methyl sites for hydroxylation is 1. The number of carbonyl (C=O) groups is 1. The fraction of sp³-hybridized carbons (Fsp3) is 0.458. The second-order valence-electron chi connectivity index (χ2n) is 8.20. The Bertz CT molecular complexity index is 887. The summed E-state index contributed by atoms with van der Waals surface area (Å²) in [4.78, 5) is 14.6. The van der Waals surface area contributed by atoms with E-state index in [4.69, 9.17) is 5.73 Å². The van der Waals surface area contributed by atoms with Gasteiger partial charge in [-0.15, -0.1) is 8.93 Å². The highest BCUT2D eigenvalue weighted by atomic mass is 32.0. The average molecular weight is 464 g/mol. The molecule has 2 heterocycles. The van der Waals surface area contributed by atoms with Gasteiger partial charge in [-0.2, -0.15) is 0 Å². The van der Waals surface area contributed by atoms with Crippen LogP contribution in [-0.4, -0.2) is 23.9 Å². The smallest absolute Gasteiger partial charge is 0.249 e. The number of piperidine rings is 1. The molecule has 0 saturated carbocycles. The van der Waals surface area contributed by atoms with Gasteiger partial charge in [-0.25, -0.2) is 4.39 Å². The van der Waals surface area contributed by atoms with E-state index >= 15 is 0 Å². The summed E-state index contributed by atoms with van der Waals surface area (Å²) in [5, 5.41) is 4.23. The predicted octanol–water partition coefficient (Wildman–Crippen LogP) is 5.57. The second kappa shape index (κ2) is 11.9. The topological polar surface area (TPSA) is 58.4 Å². The van der Waals surface area contributed by atoms with Crippen molar-refractivity contribution < 1.29 is 9.18 Å². The number of hydrogen-bond acceptors (Lipinski definition) is 3. The number of anilines is 2. The number of halogens is 1. The van der Waals surface area contributed by atoms with Gasteiger partial charge in [-0.05, 0) is 74.9 Å². The van der Waals surface area contributed by atoms with Crippen molar-refractivity contribution in [1.82, 2.24) is 4.90 Å². The maximum atomic E-state index is 13.7. The number of nitrogens with zero attached hydrogens (tertiary/aromatic N) is 1. The molecule has 1 amide bonds. The summed E-state index contributed by atoms with van der Waals surface area (Å²) in [6, 6.07) is 10.9. The third-order valence-electron chi connectivity index (χ3n) is 5.55. The van der Waals surface area contributed by atoms with E-state index in [1.807, 2.05) is 32.0 Å². The third kappa shape index (κ3) is 6.25. The quantitative estimate of drug-likeness (QED) is 0.453. The molecule has 7 heteroatoms. The second-order valence-corrected chi connectivity index (χ2v) is 9.93. The van der Waals surface area contributed by atoms with Crippen molar-refractivity contribution in [3.63, 3.8) is 0 Å². The van der Waals surface area contributed by atoms with E-state index in [0.29, 0.717) is 0 Å². The van der Waals surface area contributed by atoms with E-state index in [0.717, 1.165) is 56.7 Å². The molecule has 2 aliphatic heterocycles. The normalized spacial score (nSPS) is 20.4. The highest BCUT2D eigenvalue weighted by molar-refractivity contribution is 8.06. The standard InChI is InChI=1S/C15H19FN2O.C6H9NP2.C3H8/c1-10-8-11(16)9-12-13(10)17-14(19)15(12,2)18-6-4-3-5-7-18;7-5-2-1-3-6(4-5)9-8;1-3-2/h8-9H,3-7H2,1-2H3,(H,17,19);1-4,9H,7-8H2;3H2,1-2H3. The zero-order valence-electron chi connectivity index (χ0n) is 19.1. The number of nitrogen functional groups attached to an aromatic ring is 1. The van der Waals surface area contributed by atoms with E-state index in [1.54, 1.807) is 0 Å². The molecule has 0 aromatic heterocycles. The number of carbonyl (C=O) groups excluding carboxylic acids is 1. The largest absolute Gasteiger partial charge is 0.399 e. The molecule has 3 N–H and O–H groups in total. The Morgan fingerprint density at radius 1 is 1.19 bits per heavy atom. The Labute approximate surface area is 190 Å². The number of likely N-dealkylation sites (tertiary alicyclic amines) is 1. The van der Waals surface area contributed by atoms with Crippen molar-refractivity contribution in [3.05, 3.63) is 53.3 Å². The summed E-state index contributed by atoms with van der Waals surface area (Å²) in [6.07, 6.45) is 4.67. The summed E-state index contributed by atoms with van der Waals surface area (Å²) in [6.45, 7) is 9.81. The van der Waals surface area contributed by atoms with E-state index in [9.17, 15) is 9.18 Å². The molecule has 2 aliphatic rings. The number of rotatable bonds is 2. The molecule has 0 radical (unpaired) electrons. The molecular formula is C24H36FN3OP2. The van der Waals surface area contributed by atoms with E-state index in [-0.39, 0.29) is 11.7 Å². The third-order valence-corrected chi connectivity index (χ3v) is 7.19. The van der Waals surface area contributed by atoms with Crippen LogP contribution in [-0.2, 0) is 10.3 Å². The minimum absolute atomic E-state index is 0.0295. The first-order chi connectivity index (χ1) is 14.8. The lowest BCUT2D eigenvalue weighted by Crippen LogP contribution is -2.50. The SMILES string of the molecule is CCC.Cc1cc(F)cc2c1NC(=O)C2(C)N1CCCCC1.Nc1cccc(PP)c1. The number of benzene rings is 2. The Balaban J connectivity index is 0.000000238. The van der Waals surface area contributed by atoms with Gasteiger partial charge in [-0.1, -0.05) is 47.1 Å². The Morgan fingerprint density at radius 3 is 2.39 bits per heavy atom. The molecule has 2 aromatic carbocycles. The van der Waals surface area contributed by atoms with Gasteiger partial charge in [0, 0.05) is 16.9 Å². The molecule has 3 atom stereocenters.